The van der Waals surface area contributed by atoms with Crippen LogP contribution in [0.1, 0.15) is 38.7 Å². The summed E-state index contributed by atoms with van der Waals surface area (Å²) in [5.41, 5.74) is 2.81. The first-order valence-electron chi connectivity index (χ1n) is 10.1. The van der Waals surface area contributed by atoms with E-state index in [0.717, 1.165) is 37.9 Å². The van der Waals surface area contributed by atoms with Gasteiger partial charge in [0.05, 0.1) is 0 Å². The summed E-state index contributed by atoms with van der Waals surface area (Å²) in [4.78, 5) is 9.51. The Morgan fingerprint density at radius 1 is 1.22 bits per heavy atom. The zero-order chi connectivity index (χ0) is 18.4. The fraction of sp³-hybridized carbons (Fsp3) is 0.591. The predicted octanol–water partition coefficient (Wildman–Crippen LogP) is 4.09. The lowest BCUT2D eigenvalue weighted by molar-refractivity contribution is 0.140. The molecule has 1 unspecified atom stereocenters. The maximum Gasteiger partial charge on any atom is 0.193 e. The standard InChI is InChI=1S/C22H34N4.HI/c1-18(2)26-13-7-8-19(17-26)16-24-22(23-3)25-14-11-21(12-15-25)20-9-5-4-6-10-20;/h4-6,9-11,18-19H,7-8,12-17H2,1-3H3,(H,23,24);1H. The van der Waals surface area contributed by atoms with Crippen molar-refractivity contribution in [2.45, 2.75) is 39.2 Å². The summed E-state index contributed by atoms with van der Waals surface area (Å²) in [6.45, 7) is 10.1. The van der Waals surface area contributed by atoms with Gasteiger partial charge in [-0.2, -0.15) is 0 Å². The number of nitrogens with zero attached hydrogens (tertiary/aromatic N) is 3. The number of benzene rings is 1. The van der Waals surface area contributed by atoms with Crippen molar-refractivity contribution in [2.24, 2.45) is 10.9 Å². The van der Waals surface area contributed by atoms with Crippen molar-refractivity contribution in [1.29, 1.82) is 0 Å². The van der Waals surface area contributed by atoms with Gasteiger partial charge in [0.25, 0.3) is 0 Å². The molecule has 1 fully saturated rings. The van der Waals surface area contributed by atoms with E-state index in [9.17, 15) is 0 Å². The summed E-state index contributed by atoms with van der Waals surface area (Å²) in [6, 6.07) is 11.4. The topological polar surface area (TPSA) is 30.9 Å². The molecule has 0 amide bonds. The molecule has 3 rings (SSSR count). The molecule has 1 atom stereocenters. The smallest absolute Gasteiger partial charge is 0.193 e. The van der Waals surface area contributed by atoms with E-state index < -0.39 is 0 Å². The third-order valence-electron chi connectivity index (χ3n) is 5.69. The van der Waals surface area contributed by atoms with Gasteiger partial charge in [-0.3, -0.25) is 4.99 Å². The van der Waals surface area contributed by atoms with Crippen LogP contribution in [0.25, 0.3) is 5.57 Å². The molecule has 150 valence electrons. The molecule has 5 heteroatoms. The zero-order valence-corrected chi connectivity index (χ0v) is 19.4. The van der Waals surface area contributed by atoms with Gasteiger partial charge in [0.2, 0.25) is 0 Å². The lowest BCUT2D eigenvalue weighted by Gasteiger charge is -2.36. The summed E-state index contributed by atoms with van der Waals surface area (Å²) in [5, 5.41) is 3.64. The Morgan fingerprint density at radius 2 is 2.00 bits per heavy atom. The van der Waals surface area contributed by atoms with Gasteiger partial charge in [0.1, 0.15) is 0 Å². The van der Waals surface area contributed by atoms with Crippen molar-refractivity contribution in [1.82, 2.24) is 15.1 Å². The zero-order valence-electron chi connectivity index (χ0n) is 17.0. The van der Waals surface area contributed by atoms with E-state index in [-0.39, 0.29) is 24.0 Å². The van der Waals surface area contributed by atoms with E-state index in [1.165, 1.54) is 37.1 Å². The van der Waals surface area contributed by atoms with Crippen LogP contribution in [0.3, 0.4) is 0 Å². The van der Waals surface area contributed by atoms with E-state index >= 15 is 0 Å². The summed E-state index contributed by atoms with van der Waals surface area (Å²) in [7, 11) is 1.90. The minimum Gasteiger partial charge on any atom is -0.356 e. The average molecular weight is 482 g/mol. The molecule has 4 nitrogen and oxygen atoms in total. The van der Waals surface area contributed by atoms with E-state index in [2.05, 4.69) is 70.4 Å². The molecule has 1 saturated heterocycles. The Bertz CT molecular complexity index is 626. The fourth-order valence-electron chi connectivity index (χ4n) is 4.08. The normalized spacial score (nSPS) is 21.6. The number of hydrogen-bond acceptors (Lipinski definition) is 2. The van der Waals surface area contributed by atoms with Crippen molar-refractivity contribution >= 4 is 35.5 Å². The lowest BCUT2D eigenvalue weighted by Crippen LogP contribution is -2.48. The first kappa shape index (κ1) is 22.2. The van der Waals surface area contributed by atoms with E-state index in [4.69, 9.17) is 0 Å². The third kappa shape index (κ3) is 6.21. The van der Waals surface area contributed by atoms with Gasteiger partial charge in [-0.05, 0) is 56.7 Å². The van der Waals surface area contributed by atoms with Gasteiger partial charge in [-0.25, -0.2) is 0 Å². The van der Waals surface area contributed by atoms with Crippen LogP contribution in [0.2, 0.25) is 0 Å². The number of nitrogens with one attached hydrogen (secondary N) is 1. The molecule has 0 radical (unpaired) electrons. The Balaban J connectivity index is 0.00000261. The van der Waals surface area contributed by atoms with Crippen molar-refractivity contribution in [2.75, 3.05) is 39.8 Å². The van der Waals surface area contributed by atoms with Crippen molar-refractivity contribution in [3.63, 3.8) is 0 Å². The largest absolute Gasteiger partial charge is 0.356 e. The molecule has 0 spiro atoms. The molecular formula is C22H35IN4. The van der Waals surface area contributed by atoms with Crippen LogP contribution in [0, 0.1) is 5.92 Å². The van der Waals surface area contributed by atoms with E-state index in [1.807, 2.05) is 7.05 Å². The minimum atomic E-state index is 0. The summed E-state index contributed by atoms with van der Waals surface area (Å²) < 4.78 is 0. The summed E-state index contributed by atoms with van der Waals surface area (Å²) >= 11 is 0. The van der Waals surface area contributed by atoms with Crippen LogP contribution in [0.4, 0.5) is 0 Å². The number of aliphatic imine (C=N–C) groups is 1. The Morgan fingerprint density at radius 3 is 2.63 bits per heavy atom. The highest BCUT2D eigenvalue weighted by Gasteiger charge is 2.23. The monoisotopic (exact) mass is 482 g/mol. The van der Waals surface area contributed by atoms with Gasteiger partial charge in [0, 0.05) is 39.3 Å². The maximum atomic E-state index is 4.54. The maximum absolute atomic E-state index is 4.54. The van der Waals surface area contributed by atoms with Gasteiger partial charge in [-0.15, -0.1) is 24.0 Å². The van der Waals surface area contributed by atoms with Crippen molar-refractivity contribution < 1.29 is 0 Å². The van der Waals surface area contributed by atoms with Crippen LogP contribution in [0.5, 0.6) is 0 Å². The quantitative estimate of drug-likeness (QED) is 0.399. The third-order valence-corrected chi connectivity index (χ3v) is 5.69. The Kier molecular flexibility index (Phi) is 9.09. The molecule has 0 aromatic heterocycles. The number of hydrogen-bond donors (Lipinski definition) is 1. The predicted molar refractivity (Wildman–Crippen MR) is 127 cm³/mol. The number of rotatable bonds is 4. The number of halogens is 1. The first-order chi connectivity index (χ1) is 12.7. The molecule has 0 saturated carbocycles. The van der Waals surface area contributed by atoms with Gasteiger partial charge in [-0.1, -0.05) is 36.4 Å². The molecule has 27 heavy (non-hydrogen) atoms. The second kappa shape index (κ2) is 11.1. The average Bonchev–Trinajstić information content (AvgIpc) is 2.70. The second-order valence-corrected chi connectivity index (χ2v) is 7.82. The highest BCUT2D eigenvalue weighted by Crippen LogP contribution is 2.22. The summed E-state index contributed by atoms with van der Waals surface area (Å²) in [5.74, 6) is 1.78. The molecule has 0 aliphatic carbocycles. The van der Waals surface area contributed by atoms with Gasteiger partial charge in [0.15, 0.2) is 5.96 Å². The number of guanidine groups is 1. The van der Waals surface area contributed by atoms with E-state index in [0.29, 0.717) is 6.04 Å². The molecule has 0 bridgehead atoms. The van der Waals surface area contributed by atoms with Crippen molar-refractivity contribution in [3.8, 4) is 0 Å². The van der Waals surface area contributed by atoms with Crippen LogP contribution in [-0.4, -0.2) is 61.6 Å². The molecule has 1 aromatic carbocycles. The van der Waals surface area contributed by atoms with E-state index in [1.54, 1.807) is 0 Å². The van der Waals surface area contributed by atoms with Gasteiger partial charge < -0.3 is 15.1 Å². The fourth-order valence-corrected chi connectivity index (χ4v) is 4.08. The Hall–Kier alpha value is -1.08. The molecular weight excluding hydrogens is 447 g/mol. The van der Waals surface area contributed by atoms with Crippen LogP contribution < -0.4 is 5.32 Å². The van der Waals surface area contributed by atoms with Crippen LogP contribution >= 0.6 is 24.0 Å². The second-order valence-electron chi connectivity index (χ2n) is 7.82. The van der Waals surface area contributed by atoms with Crippen LogP contribution in [0.15, 0.2) is 41.4 Å². The number of piperidine rings is 1. The lowest BCUT2D eigenvalue weighted by atomic mass is 9.97. The summed E-state index contributed by atoms with van der Waals surface area (Å²) in [6.07, 6.45) is 6.07. The van der Waals surface area contributed by atoms with Crippen molar-refractivity contribution in [3.05, 3.63) is 42.0 Å². The first-order valence-corrected chi connectivity index (χ1v) is 10.1. The molecule has 1 N–H and O–H groups in total. The molecule has 1 aromatic rings. The van der Waals surface area contributed by atoms with Gasteiger partial charge >= 0.3 is 0 Å². The highest BCUT2D eigenvalue weighted by atomic mass is 127. The molecule has 2 aliphatic heterocycles. The van der Waals surface area contributed by atoms with Crippen LogP contribution in [-0.2, 0) is 0 Å². The Labute approximate surface area is 182 Å². The number of likely N-dealkylation sites (tertiary alicyclic amines) is 1. The molecule has 2 aliphatic rings. The highest BCUT2D eigenvalue weighted by molar-refractivity contribution is 14.0. The SMILES string of the molecule is CN=C(NCC1CCCN(C(C)C)C1)N1CC=C(c2ccccc2)CC1.I. The minimum absolute atomic E-state index is 0. The molecule has 2 heterocycles.